The highest BCUT2D eigenvalue weighted by molar-refractivity contribution is 4.95. The molecule has 0 saturated heterocycles. The van der Waals surface area contributed by atoms with Gasteiger partial charge in [0.05, 0.1) is 6.10 Å². The summed E-state index contributed by atoms with van der Waals surface area (Å²) in [5, 5.41) is 0. The van der Waals surface area contributed by atoms with E-state index in [0.29, 0.717) is 35.7 Å². The fourth-order valence-electron chi connectivity index (χ4n) is 8.97. The van der Waals surface area contributed by atoms with Gasteiger partial charge in [-0.1, -0.05) is 51.9 Å². The third kappa shape index (κ3) is 8.14. The second kappa shape index (κ2) is 14.9. The van der Waals surface area contributed by atoms with E-state index in [1.165, 1.54) is 51.4 Å². The molecule has 216 valence electrons. The first kappa shape index (κ1) is 29.7. The minimum Gasteiger partial charge on any atom is -0.379 e. The number of hydrogen-bond donors (Lipinski definition) is 0. The molecule has 4 rings (SSSR count). The quantitative estimate of drug-likeness (QED) is 0.243. The standard InChI is InChI=1S/C33H57F3O/c1-3-5-6-7-27-15-12-24(22-31(27)34)9-8-23-10-13-25(14-11-23)29-20-21-30(33(36)32(29)35)26-16-18-28(19-17-26)37-4-2/h23-33H,3-22H2,1-2H3. The molecule has 0 aromatic carbocycles. The minimum atomic E-state index is -1.27. The van der Waals surface area contributed by atoms with Crippen molar-refractivity contribution >= 4 is 0 Å². The topological polar surface area (TPSA) is 9.23 Å². The molecular weight excluding hydrogens is 469 g/mol. The number of halogens is 3. The largest absolute Gasteiger partial charge is 0.379 e. The van der Waals surface area contributed by atoms with Gasteiger partial charge in [0.15, 0.2) is 0 Å². The zero-order valence-electron chi connectivity index (χ0n) is 24.0. The monoisotopic (exact) mass is 526 g/mol. The van der Waals surface area contributed by atoms with E-state index in [1.807, 2.05) is 6.92 Å². The molecule has 7 unspecified atom stereocenters. The van der Waals surface area contributed by atoms with Crippen molar-refractivity contribution in [3.8, 4) is 0 Å². The Hall–Kier alpha value is -0.250. The molecule has 0 aromatic heterocycles. The Kier molecular flexibility index (Phi) is 12.0. The van der Waals surface area contributed by atoms with Crippen LogP contribution in [0.5, 0.6) is 0 Å². The van der Waals surface area contributed by atoms with Crippen molar-refractivity contribution in [2.45, 2.75) is 160 Å². The van der Waals surface area contributed by atoms with Crippen molar-refractivity contribution in [1.29, 1.82) is 0 Å². The van der Waals surface area contributed by atoms with Gasteiger partial charge in [0, 0.05) is 6.61 Å². The van der Waals surface area contributed by atoms with E-state index in [1.54, 1.807) is 0 Å². The Morgan fingerprint density at radius 1 is 0.595 bits per heavy atom. The van der Waals surface area contributed by atoms with Gasteiger partial charge < -0.3 is 4.74 Å². The Morgan fingerprint density at radius 3 is 1.73 bits per heavy atom. The summed E-state index contributed by atoms with van der Waals surface area (Å²) in [4.78, 5) is 0. The fourth-order valence-corrected chi connectivity index (χ4v) is 8.97. The lowest BCUT2D eigenvalue weighted by Gasteiger charge is -2.44. The Bertz CT molecular complexity index is 627. The Labute approximate surface area is 226 Å². The van der Waals surface area contributed by atoms with Crippen LogP contribution >= 0.6 is 0 Å². The molecule has 4 aliphatic carbocycles. The summed E-state index contributed by atoms with van der Waals surface area (Å²) in [5.41, 5.74) is 0. The molecule has 0 heterocycles. The molecule has 4 saturated carbocycles. The molecule has 0 aromatic rings. The van der Waals surface area contributed by atoms with Crippen LogP contribution in [0.4, 0.5) is 13.2 Å². The third-order valence-corrected chi connectivity index (χ3v) is 11.4. The molecule has 4 fully saturated rings. The van der Waals surface area contributed by atoms with Gasteiger partial charge in [-0.25, -0.2) is 13.2 Å². The summed E-state index contributed by atoms with van der Waals surface area (Å²) >= 11 is 0. The van der Waals surface area contributed by atoms with Crippen molar-refractivity contribution in [2.75, 3.05) is 6.61 Å². The molecule has 4 aliphatic rings. The number of alkyl halides is 3. The molecule has 4 heteroatoms. The molecule has 37 heavy (non-hydrogen) atoms. The number of unbranched alkanes of at least 4 members (excludes halogenated alkanes) is 2. The van der Waals surface area contributed by atoms with Crippen molar-refractivity contribution < 1.29 is 17.9 Å². The van der Waals surface area contributed by atoms with E-state index in [0.717, 1.165) is 77.2 Å². The maximum atomic E-state index is 15.4. The van der Waals surface area contributed by atoms with Gasteiger partial charge in [0.1, 0.15) is 18.5 Å². The van der Waals surface area contributed by atoms with Crippen LogP contribution in [0.2, 0.25) is 0 Å². The summed E-state index contributed by atoms with van der Waals surface area (Å²) < 4.78 is 51.3. The Morgan fingerprint density at radius 2 is 1.16 bits per heavy atom. The van der Waals surface area contributed by atoms with Crippen LogP contribution in [-0.2, 0) is 4.74 Å². The number of hydrogen-bond acceptors (Lipinski definition) is 1. The molecule has 7 atom stereocenters. The van der Waals surface area contributed by atoms with E-state index in [4.69, 9.17) is 4.74 Å². The van der Waals surface area contributed by atoms with Crippen LogP contribution < -0.4 is 0 Å². The SMILES string of the molecule is CCCCCC1CCC(CCC2CCC(C3CCC(C4CCC(OCC)CC4)C(F)C3F)CC2)CC1F. The first-order valence-electron chi connectivity index (χ1n) is 16.5. The molecule has 0 spiro atoms. The second-order valence-corrected chi connectivity index (χ2v) is 13.6. The van der Waals surface area contributed by atoms with E-state index in [9.17, 15) is 4.39 Å². The van der Waals surface area contributed by atoms with Gasteiger partial charge in [0.2, 0.25) is 0 Å². The molecule has 1 nitrogen and oxygen atoms in total. The van der Waals surface area contributed by atoms with Crippen molar-refractivity contribution in [1.82, 2.24) is 0 Å². The first-order chi connectivity index (χ1) is 18.0. The third-order valence-electron chi connectivity index (χ3n) is 11.4. The van der Waals surface area contributed by atoms with Gasteiger partial charge in [-0.2, -0.15) is 0 Å². The van der Waals surface area contributed by atoms with Crippen LogP contribution in [0.3, 0.4) is 0 Å². The zero-order chi connectivity index (χ0) is 26.2. The van der Waals surface area contributed by atoms with Crippen LogP contribution in [-0.4, -0.2) is 31.2 Å². The molecular formula is C33H57F3O. The lowest BCUT2D eigenvalue weighted by Crippen LogP contribution is -2.45. The van der Waals surface area contributed by atoms with E-state index < -0.39 is 18.5 Å². The maximum Gasteiger partial charge on any atom is 0.134 e. The van der Waals surface area contributed by atoms with Crippen LogP contribution in [0.15, 0.2) is 0 Å². The first-order valence-corrected chi connectivity index (χ1v) is 16.5. The van der Waals surface area contributed by atoms with Crippen LogP contribution in [0.1, 0.15) is 136 Å². The predicted octanol–water partition coefficient (Wildman–Crippen LogP) is 10.2. The lowest BCUT2D eigenvalue weighted by molar-refractivity contribution is -0.0474. The van der Waals surface area contributed by atoms with Gasteiger partial charge in [0.25, 0.3) is 0 Å². The smallest absolute Gasteiger partial charge is 0.134 e. The average Bonchev–Trinajstić information content (AvgIpc) is 2.91. The van der Waals surface area contributed by atoms with E-state index >= 15 is 8.78 Å². The van der Waals surface area contributed by atoms with E-state index in [-0.39, 0.29) is 11.8 Å². The van der Waals surface area contributed by atoms with Gasteiger partial charge in [-0.3, -0.25) is 0 Å². The minimum absolute atomic E-state index is 0.0674. The van der Waals surface area contributed by atoms with Crippen molar-refractivity contribution in [3.63, 3.8) is 0 Å². The van der Waals surface area contributed by atoms with Crippen LogP contribution in [0, 0.1) is 41.4 Å². The molecule has 0 radical (unpaired) electrons. The predicted molar refractivity (Wildman–Crippen MR) is 148 cm³/mol. The summed E-state index contributed by atoms with van der Waals surface area (Å²) in [7, 11) is 0. The summed E-state index contributed by atoms with van der Waals surface area (Å²) in [6.45, 7) is 5.00. The number of ether oxygens (including phenoxy) is 1. The maximum absolute atomic E-state index is 15.4. The van der Waals surface area contributed by atoms with Crippen molar-refractivity contribution in [3.05, 3.63) is 0 Å². The van der Waals surface area contributed by atoms with E-state index in [2.05, 4.69) is 6.92 Å². The summed E-state index contributed by atoms with van der Waals surface area (Å²) in [6, 6.07) is 0. The highest BCUT2D eigenvalue weighted by atomic mass is 19.2. The van der Waals surface area contributed by atoms with Gasteiger partial charge >= 0.3 is 0 Å². The van der Waals surface area contributed by atoms with Crippen molar-refractivity contribution in [2.24, 2.45) is 41.4 Å². The summed E-state index contributed by atoms with van der Waals surface area (Å²) in [6.07, 6.45) is 17.7. The normalized spacial score (nSPS) is 43.5. The molecule has 0 bridgehead atoms. The molecule has 0 N–H and O–H groups in total. The highest BCUT2D eigenvalue weighted by Crippen LogP contribution is 2.48. The fraction of sp³-hybridized carbons (Fsp3) is 1.00. The second-order valence-electron chi connectivity index (χ2n) is 13.6. The van der Waals surface area contributed by atoms with Crippen LogP contribution in [0.25, 0.3) is 0 Å². The highest BCUT2D eigenvalue weighted by Gasteiger charge is 2.46. The van der Waals surface area contributed by atoms with Gasteiger partial charge in [-0.15, -0.1) is 0 Å². The Balaban J connectivity index is 1.14. The molecule has 0 amide bonds. The summed E-state index contributed by atoms with van der Waals surface area (Å²) in [5.74, 6) is 2.16. The zero-order valence-corrected chi connectivity index (χ0v) is 24.0. The van der Waals surface area contributed by atoms with Gasteiger partial charge in [-0.05, 0) is 125 Å². The number of rotatable bonds is 11. The lowest BCUT2D eigenvalue weighted by atomic mass is 9.63. The average molecular weight is 527 g/mol. The molecule has 0 aliphatic heterocycles.